The van der Waals surface area contributed by atoms with Crippen molar-refractivity contribution in [3.63, 3.8) is 0 Å². The largest absolute Gasteiger partial charge is 0.398 e. The molecule has 0 saturated carbocycles. The van der Waals surface area contributed by atoms with E-state index in [4.69, 9.17) is 5.73 Å². The molecular weight excluding hydrogens is 258 g/mol. The zero-order chi connectivity index (χ0) is 14.1. The zero-order valence-corrected chi connectivity index (χ0v) is 11.1. The fourth-order valence-electron chi connectivity index (χ4n) is 2.73. The molecule has 20 heavy (non-hydrogen) atoms. The van der Waals surface area contributed by atoms with E-state index in [1.165, 1.54) is 23.3 Å². The summed E-state index contributed by atoms with van der Waals surface area (Å²) < 4.78 is 26.1. The Morgan fingerprint density at radius 3 is 2.75 bits per heavy atom. The minimum absolute atomic E-state index is 0.617. The lowest BCUT2D eigenvalue weighted by atomic mass is 9.97. The Morgan fingerprint density at radius 1 is 1.10 bits per heavy atom. The molecule has 0 aromatic heterocycles. The minimum atomic E-state index is -0.800. The first-order chi connectivity index (χ1) is 9.63. The summed E-state index contributed by atoms with van der Waals surface area (Å²) in [6.45, 7) is 2.28. The minimum Gasteiger partial charge on any atom is -0.398 e. The predicted octanol–water partition coefficient (Wildman–Crippen LogP) is 3.11. The van der Waals surface area contributed by atoms with Crippen LogP contribution in [0.3, 0.4) is 0 Å². The molecule has 104 valence electrons. The van der Waals surface area contributed by atoms with Crippen molar-refractivity contribution in [3.8, 4) is 0 Å². The van der Waals surface area contributed by atoms with Gasteiger partial charge in [0.15, 0.2) is 11.6 Å². The van der Waals surface area contributed by atoms with Crippen molar-refractivity contribution >= 4 is 5.69 Å². The Labute approximate surface area is 116 Å². The van der Waals surface area contributed by atoms with Crippen LogP contribution in [-0.4, -0.2) is 11.4 Å². The molecule has 0 saturated heterocycles. The number of halogens is 2. The summed E-state index contributed by atoms with van der Waals surface area (Å²) in [7, 11) is 0. The van der Waals surface area contributed by atoms with Gasteiger partial charge in [-0.1, -0.05) is 18.2 Å². The maximum Gasteiger partial charge on any atom is 0.159 e. The van der Waals surface area contributed by atoms with Gasteiger partial charge in [0.25, 0.3) is 0 Å². The average Bonchev–Trinajstić information content (AvgIpc) is 2.43. The molecule has 0 atom stereocenters. The summed E-state index contributed by atoms with van der Waals surface area (Å²) in [6.07, 6.45) is 0.895. The molecule has 0 unspecified atom stereocenters. The number of anilines is 1. The van der Waals surface area contributed by atoms with Gasteiger partial charge in [-0.2, -0.15) is 0 Å². The molecule has 1 aliphatic rings. The highest BCUT2D eigenvalue weighted by Gasteiger charge is 2.18. The fraction of sp³-hybridized carbons (Fsp3) is 0.250. The number of fused-ring (bicyclic) bond motifs is 1. The predicted molar refractivity (Wildman–Crippen MR) is 75.0 cm³/mol. The van der Waals surface area contributed by atoms with Gasteiger partial charge in [0.1, 0.15) is 0 Å². The van der Waals surface area contributed by atoms with Gasteiger partial charge < -0.3 is 5.73 Å². The normalized spacial score (nSPS) is 15.1. The number of rotatable bonds is 2. The molecule has 1 aliphatic heterocycles. The third-order valence-electron chi connectivity index (χ3n) is 3.77. The Morgan fingerprint density at radius 2 is 1.95 bits per heavy atom. The number of nitrogen functional groups attached to an aromatic ring is 1. The van der Waals surface area contributed by atoms with E-state index in [0.717, 1.165) is 30.8 Å². The lowest BCUT2D eigenvalue weighted by Crippen LogP contribution is -2.30. The number of nitrogens with zero attached hydrogens (tertiary/aromatic N) is 1. The quantitative estimate of drug-likeness (QED) is 0.853. The van der Waals surface area contributed by atoms with Crippen molar-refractivity contribution in [2.24, 2.45) is 0 Å². The maximum absolute atomic E-state index is 13.2. The fourth-order valence-corrected chi connectivity index (χ4v) is 2.73. The molecule has 3 rings (SSSR count). The summed E-state index contributed by atoms with van der Waals surface area (Å²) in [5, 5.41) is 0. The third kappa shape index (κ3) is 2.51. The summed E-state index contributed by atoms with van der Waals surface area (Å²) in [6, 6.07) is 10.0. The second-order valence-electron chi connectivity index (χ2n) is 5.19. The van der Waals surface area contributed by atoms with Gasteiger partial charge in [0.05, 0.1) is 0 Å². The van der Waals surface area contributed by atoms with E-state index in [1.807, 2.05) is 12.1 Å². The van der Waals surface area contributed by atoms with Crippen molar-refractivity contribution in [2.75, 3.05) is 12.3 Å². The van der Waals surface area contributed by atoms with E-state index in [1.54, 1.807) is 6.07 Å². The van der Waals surface area contributed by atoms with Crippen LogP contribution >= 0.6 is 0 Å². The van der Waals surface area contributed by atoms with Crippen LogP contribution in [0.5, 0.6) is 0 Å². The Balaban J connectivity index is 1.76. The van der Waals surface area contributed by atoms with Gasteiger partial charge in [-0.25, -0.2) is 8.78 Å². The standard InChI is InChI=1S/C16H16F2N2/c17-14-5-4-11(8-15(14)18)9-20-7-6-13-12(10-20)2-1-3-16(13)19/h1-5,8H,6-7,9-10,19H2. The number of nitrogens with two attached hydrogens (primary N) is 1. The van der Waals surface area contributed by atoms with Gasteiger partial charge >= 0.3 is 0 Å². The molecule has 2 aromatic carbocycles. The van der Waals surface area contributed by atoms with Crippen LogP contribution in [0, 0.1) is 11.6 Å². The summed E-state index contributed by atoms with van der Waals surface area (Å²) in [4.78, 5) is 2.22. The van der Waals surface area contributed by atoms with Gasteiger partial charge in [-0.3, -0.25) is 4.90 Å². The highest BCUT2D eigenvalue weighted by molar-refractivity contribution is 5.51. The van der Waals surface area contributed by atoms with Crippen molar-refractivity contribution in [2.45, 2.75) is 19.5 Å². The summed E-state index contributed by atoms with van der Waals surface area (Å²) in [5.74, 6) is -1.59. The van der Waals surface area contributed by atoms with Crippen LogP contribution in [-0.2, 0) is 19.5 Å². The summed E-state index contributed by atoms with van der Waals surface area (Å²) >= 11 is 0. The molecule has 0 bridgehead atoms. The van der Waals surface area contributed by atoms with E-state index < -0.39 is 11.6 Å². The molecule has 0 amide bonds. The Bertz CT molecular complexity index is 640. The highest BCUT2D eigenvalue weighted by Crippen LogP contribution is 2.25. The molecule has 0 fully saturated rings. The van der Waals surface area contributed by atoms with Gasteiger partial charge in [-0.15, -0.1) is 0 Å². The topological polar surface area (TPSA) is 29.3 Å². The van der Waals surface area contributed by atoms with Gasteiger partial charge in [0.2, 0.25) is 0 Å². The zero-order valence-electron chi connectivity index (χ0n) is 11.1. The first kappa shape index (κ1) is 13.1. The molecule has 2 nitrogen and oxygen atoms in total. The van der Waals surface area contributed by atoms with Crippen LogP contribution in [0.15, 0.2) is 36.4 Å². The second kappa shape index (κ2) is 5.21. The molecule has 2 aromatic rings. The number of hydrogen-bond acceptors (Lipinski definition) is 2. The van der Waals surface area contributed by atoms with E-state index in [2.05, 4.69) is 11.0 Å². The van der Waals surface area contributed by atoms with E-state index >= 15 is 0 Å². The molecule has 4 heteroatoms. The lowest BCUT2D eigenvalue weighted by molar-refractivity contribution is 0.245. The Hall–Kier alpha value is -1.94. The molecule has 0 aliphatic carbocycles. The monoisotopic (exact) mass is 274 g/mol. The van der Waals surface area contributed by atoms with Crippen LogP contribution in [0.1, 0.15) is 16.7 Å². The molecule has 0 spiro atoms. The lowest BCUT2D eigenvalue weighted by Gasteiger charge is -2.29. The number of hydrogen-bond donors (Lipinski definition) is 1. The van der Waals surface area contributed by atoms with E-state index in [-0.39, 0.29) is 0 Å². The van der Waals surface area contributed by atoms with Crippen LogP contribution < -0.4 is 5.73 Å². The molecular formula is C16H16F2N2. The maximum atomic E-state index is 13.2. The van der Waals surface area contributed by atoms with Crippen molar-refractivity contribution < 1.29 is 8.78 Å². The first-order valence-electron chi connectivity index (χ1n) is 6.66. The summed E-state index contributed by atoms with van der Waals surface area (Å²) in [5.41, 5.74) is 10.0. The molecule has 2 N–H and O–H groups in total. The highest BCUT2D eigenvalue weighted by atomic mass is 19.2. The van der Waals surface area contributed by atoms with Crippen molar-refractivity contribution in [3.05, 3.63) is 64.7 Å². The first-order valence-corrected chi connectivity index (χ1v) is 6.66. The van der Waals surface area contributed by atoms with Crippen LogP contribution in [0.2, 0.25) is 0 Å². The van der Waals surface area contributed by atoms with Gasteiger partial charge in [-0.05, 0) is 41.3 Å². The van der Waals surface area contributed by atoms with Crippen molar-refractivity contribution in [1.82, 2.24) is 4.90 Å². The number of benzene rings is 2. The van der Waals surface area contributed by atoms with Crippen LogP contribution in [0.4, 0.5) is 14.5 Å². The second-order valence-corrected chi connectivity index (χ2v) is 5.19. The van der Waals surface area contributed by atoms with Gasteiger partial charge in [0, 0.05) is 25.3 Å². The Kier molecular flexibility index (Phi) is 3.40. The van der Waals surface area contributed by atoms with E-state index in [9.17, 15) is 8.78 Å². The SMILES string of the molecule is Nc1cccc2c1CCN(Cc1ccc(F)c(F)c1)C2. The average molecular weight is 274 g/mol. The van der Waals surface area contributed by atoms with Crippen LogP contribution in [0.25, 0.3) is 0 Å². The molecule has 1 heterocycles. The molecule has 0 radical (unpaired) electrons. The third-order valence-corrected chi connectivity index (χ3v) is 3.77. The smallest absolute Gasteiger partial charge is 0.159 e. The van der Waals surface area contributed by atoms with E-state index in [0.29, 0.717) is 6.54 Å². The van der Waals surface area contributed by atoms with Crippen molar-refractivity contribution in [1.29, 1.82) is 0 Å².